The number of hydrogen-bond acceptors (Lipinski definition) is 4. The molecule has 0 bridgehead atoms. The van der Waals surface area contributed by atoms with E-state index in [0.29, 0.717) is 17.2 Å². The molecule has 0 saturated carbocycles. The van der Waals surface area contributed by atoms with Crippen LogP contribution in [0, 0.1) is 17.2 Å². The number of carbonyl (C=O) groups is 1. The summed E-state index contributed by atoms with van der Waals surface area (Å²) in [7, 11) is 1.32. The molecule has 17 heavy (non-hydrogen) atoms. The Bertz CT molecular complexity index is 429. The predicted octanol–water partition coefficient (Wildman–Crippen LogP) is 1.74. The van der Waals surface area contributed by atoms with Crippen molar-refractivity contribution >= 4 is 5.97 Å². The van der Waals surface area contributed by atoms with Gasteiger partial charge < -0.3 is 10.2 Å². The van der Waals surface area contributed by atoms with Crippen LogP contribution in [0.25, 0.3) is 0 Å². The molecule has 0 atom stereocenters. The fourth-order valence-electron chi connectivity index (χ4n) is 1.39. The second-order valence-electron chi connectivity index (χ2n) is 4.18. The van der Waals surface area contributed by atoms with Crippen LogP contribution in [0.3, 0.4) is 0 Å². The lowest BCUT2D eigenvalue weighted by Gasteiger charge is -2.11. The molecule has 0 radical (unpaired) electrons. The maximum atomic E-state index is 11.5. The van der Waals surface area contributed by atoms with E-state index in [1.807, 2.05) is 6.07 Å². The quantitative estimate of drug-likeness (QED) is 0.789. The SMILES string of the molecule is COC(=O)c1cc(C#N)cn1NCCC(C)C. The third-order valence-electron chi connectivity index (χ3n) is 2.35. The Morgan fingerprint density at radius 2 is 2.35 bits per heavy atom. The van der Waals surface area contributed by atoms with Crippen molar-refractivity contribution in [2.24, 2.45) is 5.92 Å². The van der Waals surface area contributed by atoms with Crippen LogP contribution in [-0.4, -0.2) is 24.3 Å². The van der Waals surface area contributed by atoms with Gasteiger partial charge in [0, 0.05) is 12.7 Å². The summed E-state index contributed by atoms with van der Waals surface area (Å²) < 4.78 is 6.20. The standard InChI is InChI=1S/C12H17N3O2/c1-9(2)4-5-14-15-8-10(7-13)6-11(15)12(16)17-3/h6,8-9,14H,4-5H2,1-3H3. The van der Waals surface area contributed by atoms with E-state index < -0.39 is 5.97 Å². The van der Waals surface area contributed by atoms with Gasteiger partial charge in [0.15, 0.2) is 0 Å². The number of nitrogens with one attached hydrogen (secondary N) is 1. The smallest absolute Gasteiger partial charge is 0.356 e. The highest BCUT2D eigenvalue weighted by Gasteiger charge is 2.13. The highest BCUT2D eigenvalue weighted by molar-refractivity contribution is 5.88. The minimum atomic E-state index is -0.455. The molecule has 1 aromatic rings. The third-order valence-corrected chi connectivity index (χ3v) is 2.35. The molecule has 1 aromatic heterocycles. The van der Waals surface area contributed by atoms with Crippen molar-refractivity contribution in [3.05, 3.63) is 23.5 Å². The minimum absolute atomic E-state index is 0.341. The van der Waals surface area contributed by atoms with E-state index in [0.717, 1.165) is 13.0 Å². The Kier molecular flexibility index (Phi) is 4.58. The molecular formula is C12H17N3O2. The van der Waals surface area contributed by atoms with Crippen LogP contribution in [0.2, 0.25) is 0 Å². The number of nitrogens with zero attached hydrogens (tertiary/aromatic N) is 2. The Hall–Kier alpha value is -1.96. The molecule has 0 amide bonds. The second-order valence-corrected chi connectivity index (χ2v) is 4.18. The highest BCUT2D eigenvalue weighted by Crippen LogP contribution is 2.08. The van der Waals surface area contributed by atoms with E-state index >= 15 is 0 Å². The van der Waals surface area contributed by atoms with Crippen molar-refractivity contribution in [1.82, 2.24) is 4.68 Å². The van der Waals surface area contributed by atoms with Gasteiger partial charge >= 0.3 is 5.97 Å². The Labute approximate surface area is 101 Å². The lowest BCUT2D eigenvalue weighted by molar-refractivity contribution is 0.0590. The van der Waals surface area contributed by atoms with Crippen LogP contribution in [0.5, 0.6) is 0 Å². The fourth-order valence-corrected chi connectivity index (χ4v) is 1.39. The van der Waals surface area contributed by atoms with Gasteiger partial charge in [-0.2, -0.15) is 5.26 Å². The molecule has 0 aliphatic rings. The van der Waals surface area contributed by atoms with Gasteiger partial charge in [0.2, 0.25) is 0 Å². The first kappa shape index (κ1) is 13.1. The molecule has 1 heterocycles. The summed E-state index contributed by atoms with van der Waals surface area (Å²) in [6, 6.07) is 3.51. The molecular weight excluding hydrogens is 218 g/mol. The van der Waals surface area contributed by atoms with E-state index in [1.54, 1.807) is 10.9 Å². The van der Waals surface area contributed by atoms with Gasteiger partial charge in [-0.25, -0.2) is 4.79 Å². The third kappa shape index (κ3) is 3.52. The van der Waals surface area contributed by atoms with Crippen molar-refractivity contribution in [1.29, 1.82) is 5.26 Å². The number of hydrogen-bond donors (Lipinski definition) is 1. The first-order valence-corrected chi connectivity index (χ1v) is 5.53. The summed E-state index contributed by atoms with van der Waals surface area (Å²) in [5.74, 6) is 0.124. The van der Waals surface area contributed by atoms with Crippen LogP contribution >= 0.6 is 0 Å². The zero-order valence-corrected chi connectivity index (χ0v) is 10.4. The molecule has 0 saturated heterocycles. The number of esters is 1. The molecule has 0 unspecified atom stereocenters. The maximum Gasteiger partial charge on any atom is 0.356 e. The second kappa shape index (κ2) is 5.94. The topological polar surface area (TPSA) is 67.0 Å². The van der Waals surface area contributed by atoms with Gasteiger partial charge in [0.05, 0.1) is 12.7 Å². The van der Waals surface area contributed by atoms with E-state index in [2.05, 4.69) is 24.0 Å². The van der Waals surface area contributed by atoms with Crippen molar-refractivity contribution in [3.63, 3.8) is 0 Å². The van der Waals surface area contributed by atoms with E-state index in [1.165, 1.54) is 13.2 Å². The normalized spacial score (nSPS) is 10.1. The fraction of sp³-hybridized carbons (Fsp3) is 0.500. The van der Waals surface area contributed by atoms with Gasteiger partial charge in [-0.3, -0.25) is 4.68 Å². The predicted molar refractivity (Wildman–Crippen MR) is 64.2 cm³/mol. The number of carbonyl (C=O) groups excluding carboxylic acids is 1. The van der Waals surface area contributed by atoms with Gasteiger partial charge in [0.25, 0.3) is 0 Å². The Morgan fingerprint density at radius 1 is 1.65 bits per heavy atom. The van der Waals surface area contributed by atoms with Crippen molar-refractivity contribution in [3.8, 4) is 6.07 Å². The summed E-state index contributed by atoms with van der Waals surface area (Å²) in [5, 5.41) is 8.80. The monoisotopic (exact) mass is 235 g/mol. The van der Waals surface area contributed by atoms with E-state index in [9.17, 15) is 4.79 Å². The van der Waals surface area contributed by atoms with Crippen molar-refractivity contribution in [2.75, 3.05) is 19.1 Å². The lowest BCUT2D eigenvalue weighted by Crippen LogP contribution is -2.21. The largest absolute Gasteiger partial charge is 0.464 e. The van der Waals surface area contributed by atoms with Crippen LogP contribution in [-0.2, 0) is 4.74 Å². The maximum absolute atomic E-state index is 11.5. The van der Waals surface area contributed by atoms with Gasteiger partial charge in [-0.05, 0) is 18.4 Å². The Morgan fingerprint density at radius 3 is 2.88 bits per heavy atom. The van der Waals surface area contributed by atoms with Crippen LogP contribution in [0.1, 0.15) is 36.3 Å². The number of aromatic nitrogens is 1. The first-order valence-electron chi connectivity index (χ1n) is 5.53. The summed E-state index contributed by atoms with van der Waals surface area (Å²) in [6.07, 6.45) is 2.58. The van der Waals surface area contributed by atoms with Crippen molar-refractivity contribution in [2.45, 2.75) is 20.3 Å². The first-order chi connectivity index (χ1) is 8.08. The molecule has 5 nitrogen and oxygen atoms in total. The number of methoxy groups -OCH3 is 1. The zero-order valence-electron chi connectivity index (χ0n) is 10.4. The molecule has 0 aliphatic heterocycles. The van der Waals surface area contributed by atoms with Crippen LogP contribution in [0.4, 0.5) is 0 Å². The van der Waals surface area contributed by atoms with Gasteiger partial charge in [-0.15, -0.1) is 0 Å². The average Bonchev–Trinajstić information content (AvgIpc) is 2.71. The molecule has 0 spiro atoms. The summed E-state index contributed by atoms with van der Waals surface area (Å²) >= 11 is 0. The molecule has 0 aromatic carbocycles. The molecule has 0 aliphatic carbocycles. The lowest BCUT2D eigenvalue weighted by atomic mass is 10.1. The van der Waals surface area contributed by atoms with Gasteiger partial charge in [-0.1, -0.05) is 13.8 Å². The molecule has 92 valence electrons. The van der Waals surface area contributed by atoms with E-state index in [4.69, 9.17) is 5.26 Å². The molecule has 1 rings (SSSR count). The number of rotatable bonds is 5. The highest BCUT2D eigenvalue weighted by atomic mass is 16.5. The summed E-state index contributed by atoms with van der Waals surface area (Å²) in [6.45, 7) is 4.99. The van der Waals surface area contributed by atoms with Crippen LogP contribution in [0.15, 0.2) is 12.3 Å². The Balaban J connectivity index is 2.79. The van der Waals surface area contributed by atoms with Crippen LogP contribution < -0.4 is 5.43 Å². The zero-order chi connectivity index (χ0) is 12.8. The molecule has 1 N–H and O–H groups in total. The summed E-state index contributed by atoms with van der Waals surface area (Å²) in [5.41, 5.74) is 3.85. The number of nitriles is 1. The number of ether oxygens (including phenoxy) is 1. The summed E-state index contributed by atoms with van der Waals surface area (Å²) in [4.78, 5) is 11.5. The molecule has 5 heteroatoms. The molecule has 0 fully saturated rings. The average molecular weight is 235 g/mol. The van der Waals surface area contributed by atoms with E-state index in [-0.39, 0.29) is 0 Å². The minimum Gasteiger partial charge on any atom is -0.464 e. The van der Waals surface area contributed by atoms with Crippen molar-refractivity contribution < 1.29 is 9.53 Å². The van der Waals surface area contributed by atoms with Gasteiger partial charge in [0.1, 0.15) is 11.8 Å².